The molecule has 36 heavy (non-hydrogen) atoms. The van der Waals surface area contributed by atoms with Crippen molar-refractivity contribution < 1.29 is 9.59 Å². The lowest BCUT2D eigenvalue weighted by Crippen LogP contribution is -2.36. The molecule has 0 unspecified atom stereocenters. The minimum absolute atomic E-state index is 0.0712. The number of hydrogen-bond acceptors (Lipinski definition) is 4. The van der Waals surface area contributed by atoms with Crippen LogP contribution in [0, 0.1) is 0 Å². The molecular formula is C26H46N8O2. The first-order valence-electron chi connectivity index (χ1n) is 13.7. The van der Waals surface area contributed by atoms with Gasteiger partial charge in [0.2, 0.25) is 0 Å². The van der Waals surface area contributed by atoms with Gasteiger partial charge in [0, 0.05) is 64.1 Å². The van der Waals surface area contributed by atoms with Gasteiger partial charge in [0.15, 0.2) is 0 Å². The Labute approximate surface area is 216 Å². The van der Waals surface area contributed by atoms with Gasteiger partial charge in [-0.1, -0.05) is 51.4 Å². The van der Waals surface area contributed by atoms with E-state index >= 15 is 0 Å². The van der Waals surface area contributed by atoms with Crippen LogP contribution in [0.4, 0.5) is 9.59 Å². The van der Waals surface area contributed by atoms with Gasteiger partial charge in [-0.2, -0.15) is 0 Å². The van der Waals surface area contributed by atoms with E-state index in [1.54, 1.807) is 25.0 Å². The second-order valence-electron chi connectivity index (χ2n) is 9.21. The molecule has 0 aliphatic carbocycles. The molecule has 0 atom stereocenters. The van der Waals surface area contributed by atoms with Gasteiger partial charge in [0.05, 0.1) is 12.7 Å². The van der Waals surface area contributed by atoms with E-state index in [0.29, 0.717) is 13.1 Å². The zero-order chi connectivity index (χ0) is 25.5. The number of aromatic nitrogens is 4. The molecule has 4 amide bonds. The normalized spacial score (nSPS) is 10.8. The SMILES string of the molecule is O=C(NCCCCCCCCCCCCNC(=O)NCCCn1ccnc1)NCCCn1ccnc1. The largest absolute Gasteiger partial charge is 0.338 e. The number of carbonyl (C=O) groups is 2. The molecule has 0 radical (unpaired) electrons. The molecule has 0 bridgehead atoms. The van der Waals surface area contributed by atoms with E-state index < -0.39 is 0 Å². The molecule has 0 aliphatic heterocycles. The summed E-state index contributed by atoms with van der Waals surface area (Å²) in [5.41, 5.74) is 0. The first-order chi connectivity index (χ1) is 17.7. The molecule has 2 rings (SSSR count). The van der Waals surface area contributed by atoms with Crippen LogP contribution in [-0.4, -0.2) is 57.3 Å². The number of hydrogen-bond donors (Lipinski definition) is 4. The third-order valence-corrected chi connectivity index (χ3v) is 6.05. The Bertz CT molecular complexity index is 714. The van der Waals surface area contributed by atoms with Crippen LogP contribution in [0.5, 0.6) is 0 Å². The Hall–Kier alpha value is -3.04. The van der Waals surface area contributed by atoms with Gasteiger partial charge in [-0.3, -0.25) is 0 Å². The average Bonchev–Trinajstić information content (AvgIpc) is 3.59. The standard InChI is InChI=1S/C26H46N8O2/c35-25(31-15-11-19-33-21-17-27-23-33)29-13-9-7-5-3-1-2-4-6-8-10-14-30-26(36)32-16-12-20-34-22-18-28-24-34/h17-18,21-24H,1-16,19-20H2,(H2,29,31,35)(H2,30,32,36). The molecule has 202 valence electrons. The predicted molar refractivity (Wildman–Crippen MR) is 143 cm³/mol. The lowest BCUT2D eigenvalue weighted by atomic mass is 10.1. The monoisotopic (exact) mass is 502 g/mol. The highest BCUT2D eigenvalue weighted by Crippen LogP contribution is 2.10. The summed E-state index contributed by atoms with van der Waals surface area (Å²) in [4.78, 5) is 31.5. The van der Waals surface area contributed by atoms with Crippen molar-refractivity contribution in [1.82, 2.24) is 40.4 Å². The van der Waals surface area contributed by atoms with Crippen molar-refractivity contribution in [3.05, 3.63) is 37.4 Å². The summed E-state index contributed by atoms with van der Waals surface area (Å²) in [6, 6.07) is -0.142. The van der Waals surface area contributed by atoms with Crippen molar-refractivity contribution in [3.8, 4) is 0 Å². The van der Waals surface area contributed by atoms with Crippen molar-refractivity contribution in [3.63, 3.8) is 0 Å². The van der Waals surface area contributed by atoms with Crippen molar-refractivity contribution in [2.45, 2.75) is 90.1 Å². The fourth-order valence-corrected chi connectivity index (χ4v) is 3.96. The number of rotatable bonds is 21. The fraction of sp³-hybridized carbons (Fsp3) is 0.692. The van der Waals surface area contributed by atoms with Gasteiger partial charge in [0.1, 0.15) is 0 Å². The first kappa shape index (κ1) is 29.2. The van der Waals surface area contributed by atoms with E-state index in [9.17, 15) is 9.59 Å². The number of aryl methyl sites for hydroxylation is 2. The Balaban J connectivity index is 1.23. The van der Waals surface area contributed by atoms with E-state index in [4.69, 9.17) is 0 Å². The highest BCUT2D eigenvalue weighted by molar-refractivity contribution is 5.74. The predicted octanol–water partition coefficient (Wildman–Crippen LogP) is 4.06. The molecule has 0 aromatic carbocycles. The number of nitrogens with zero attached hydrogens (tertiary/aromatic N) is 4. The Morgan fingerprint density at radius 1 is 0.500 bits per heavy atom. The van der Waals surface area contributed by atoms with E-state index in [1.165, 1.54) is 38.5 Å². The Kier molecular flexibility index (Phi) is 16.4. The molecule has 2 aromatic rings. The fourth-order valence-electron chi connectivity index (χ4n) is 3.96. The van der Waals surface area contributed by atoms with Crippen LogP contribution in [-0.2, 0) is 13.1 Å². The van der Waals surface area contributed by atoms with Gasteiger partial charge >= 0.3 is 12.1 Å². The van der Waals surface area contributed by atoms with E-state index in [1.807, 2.05) is 21.5 Å². The zero-order valence-electron chi connectivity index (χ0n) is 21.8. The van der Waals surface area contributed by atoms with Crippen LogP contribution < -0.4 is 21.3 Å². The quantitative estimate of drug-likeness (QED) is 0.193. The van der Waals surface area contributed by atoms with Crippen LogP contribution in [0.1, 0.15) is 77.0 Å². The highest BCUT2D eigenvalue weighted by Gasteiger charge is 2.00. The third-order valence-electron chi connectivity index (χ3n) is 6.05. The van der Waals surface area contributed by atoms with Gasteiger partial charge in [0.25, 0.3) is 0 Å². The first-order valence-corrected chi connectivity index (χ1v) is 13.7. The summed E-state index contributed by atoms with van der Waals surface area (Å²) in [5, 5.41) is 11.7. The number of carbonyl (C=O) groups excluding carboxylic acids is 2. The second kappa shape index (κ2) is 20.2. The minimum atomic E-state index is -0.0712. The van der Waals surface area contributed by atoms with E-state index in [-0.39, 0.29) is 12.1 Å². The minimum Gasteiger partial charge on any atom is -0.338 e. The molecule has 0 saturated carbocycles. The molecule has 0 aliphatic rings. The molecule has 0 saturated heterocycles. The maximum Gasteiger partial charge on any atom is 0.314 e. The van der Waals surface area contributed by atoms with Gasteiger partial charge in [-0.15, -0.1) is 0 Å². The average molecular weight is 503 g/mol. The van der Waals surface area contributed by atoms with Crippen molar-refractivity contribution >= 4 is 12.1 Å². The summed E-state index contributed by atoms with van der Waals surface area (Å²) in [6.45, 7) is 4.56. The van der Waals surface area contributed by atoms with E-state index in [2.05, 4.69) is 31.2 Å². The Morgan fingerprint density at radius 3 is 1.17 bits per heavy atom. The third kappa shape index (κ3) is 15.8. The van der Waals surface area contributed by atoms with Gasteiger partial charge in [-0.25, -0.2) is 19.6 Å². The van der Waals surface area contributed by atoms with Crippen LogP contribution in [0.15, 0.2) is 37.4 Å². The van der Waals surface area contributed by atoms with Crippen LogP contribution >= 0.6 is 0 Å². The van der Waals surface area contributed by atoms with Crippen LogP contribution in [0.25, 0.3) is 0 Å². The highest BCUT2D eigenvalue weighted by atomic mass is 16.2. The summed E-state index contributed by atoms with van der Waals surface area (Å²) in [7, 11) is 0. The summed E-state index contributed by atoms with van der Waals surface area (Å²) < 4.78 is 4.02. The molecule has 2 heterocycles. The van der Waals surface area contributed by atoms with E-state index in [0.717, 1.165) is 64.7 Å². The lowest BCUT2D eigenvalue weighted by molar-refractivity contribution is 0.239. The summed E-state index contributed by atoms with van der Waals surface area (Å²) in [6.07, 6.45) is 24.7. The van der Waals surface area contributed by atoms with Gasteiger partial charge in [-0.05, 0) is 25.7 Å². The second-order valence-corrected chi connectivity index (χ2v) is 9.21. The maximum atomic E-state index is 11.8. The number of unbranched alkanes of at least 4 members (excludes halogenated alkanes) is 9. The molecular weight excluding hydrogens is 456 g/mol. The number of urea groups is 2. The smallest absolute Gasteiger partial charge is 0.314 e. The number of nitrogens with one attached hydrogen (secondary N) is 4. The molecule has 2 aromatic heterocycles. The van der Waals surface area contributed by atoms with Gasteiger partial charge < -0.3 is 30.4 Å². The summed E-state index contributed by atoms with van der Waals surface area (Å²) >= 11 is 0. The topological polar surface area (TPSA) is 118 Å². The van der Waals surface area contributed by atoms with Crippen molar-refractivity contribution in [2.24, 2.45) is 0 Å². The lowest BCUT2D eigenvalue weighted by Gasteiger charge is -2.08. The Morgan fingerprint density at radius 2 is 0.833 bits per heavy atom. The van der Waals surface area contributed by atoms with Crippen molar-refractivity contribution in [2.75, 3.05) is 26.2 Å². The molecule has 10 nitrogen and oxygen atoms in total. The molecule has 10 heteroatoms. The maximum absolute atomic E-state index is 11.8. The van der Waals surface area contributed by atoms with Crippen LogP contribution in [0.3, 0.4) is 0 Å². The zero-order valence-corrected chi connectivity index (χ0v) is 21.8. The van der Waals surface area contributed by atoms with Crippen molar-refractivity contribution in [1.29, 1.82) is 0 Å². The van der Waals surface area contributed by atoms with Crippen LogP contribution in [0.2, 0.25) is 0 Å². The summed E-state index contributed by atoms with van der Waals surface area (Å²) in [5.74, 6) is 0. The molecule has 0 spiro atoms. The molecule has 4 N–H and O–H groups in total. The number of amides is 4. The number of imidazole rings is 2. The molecule has 0 fully saturated rings.